The molecule has 102 valence electrons. The number of hydrogen-bond donors (Lipinski definition) is 2. The Morgan fingerprint density at radius 1 is 1.44 bits per heavy atom. The molecule has 6 nitrogen and oxygen atoms in total. The van der Waals surface area contributed by atoms with Crippen molar-refractivity contribution in [1.82, 2.24) is 14.5 Å². The normalized spacial score (nSPS) is 18.0. The molecule has 0 spiro atoms. The van der Waals surface area contributed by atoms with E-state index in [9.17, 15) is 8.42 Å². The number of rotatable bonds is 5. The number of hydrogen-bond acceptors (Lipinski definition) is 4. The lowest BCUT2D eigenvalue weighted by molar-refractivity contribution is 0.500. The molecule has 0 atom stereocenters. The van der Waals surface area contributed by atoms with Gasteiger partial charge in [0.05, 0.1) is 11.4 Å². The smallest absolute Gasteiger partial charge is 0.244 e. The standard InChI is InChI=1S/C11H20N4O2S/c1-8-10(9(2)15(3)14-8)18(16,17)13-7-11(6-12)4-5-11/h13H,4-7,12H2,1-3H3. The molecule has 0 aromatic carbocycles. The lowest BCUT2D eigenvalue weighted by atomic mass is 10.1. The molecule has 0 unspecified atom stereocenters. The van der Waals surface area contributed by atoms with Gasteiger partial charge in [-0.2, -0.15) is 5.10 Å². The van der Waals surface area contributed by atoms with Crippen molar-refractivity contribution in [3.63, 3.8) is 0 Å². The van der Waals surface area contributed by atoms with Gasteiger partial charge in [-0.15, -0.1) is 0 Å². The van der Waals surface area contributed by atoms with Crippen LogP contribution in [0.25, 0.3) is 0 Å². The summed E-state index contributed by atoms with van der Waals surface area (Å²) >= 11 is 0. The third kappa shape index (κ3) is 2.30. The molecule has 1 aliphatic carbocycles. The van der Waals surface area contributed by atoms with Gasteiger partial charge in [-0.05, 0) is 38.6 Å². The molecule has 0 radical (unpaired) electrons. The second kappa shape index (κ2) is 4.32. The van der Waals surface area contributed by atoms with Gasteiger partial charge in [-0.1, -0.05) is 0 Å². The predicted molar refractivity (Wildman–Crippen MR) is 68.6 cm³/mol. The minimum Gasteiger partial charge on any atom is -0.330 e. The fourth-order valence-electron chi connectivity index (χ4n) is 2.09. The second-order valence-corrected chi connectivity index (χ2v) is 6.86. The van der Waals surface area contributed by atoms with Gasteiger partial charge >= 0.3 is 0 Å². The molecule has 2 rings (SSSR count). The molecule has 1 aromatic heterocycles. The Morgan fingerprint density at radius 3 is 2.44 bits per heavy atom. The zero-order valence-electron chi connectivity index (χ0n) is 11.0. The Kier molecular flexibility index (Phi) is 3.25. The van der Waals surface area contributed by atoms with E-state index in [0.717, 1.165) is 12.8 Å². The van der Waals surface area contributed by atoms with Crippen LogP contribution in [0.5, 0.6) is 0 Å². The number of nitrogens with zero attached hydrogens (tertiary/aromatic N) is 2. The molecule has 18 heavy (non-hydrogen) atoms. The largest absolute Gasteiger partial charge is 0.330 e. The molecule has 7 heteroatoms. The van der Waals surface area contributed by atoms with Crippen LogP contribution in [0.4, 0.5) is 0 Å². The van der Waals surface area contributed by atoms with Crippen LogP contribution in [0, 0.1) is 19.3 Å². The van der Waals surface area contributed by atoms with Crippen molar-refractivity contribution in [3.8, 4) is 0 Å². The van der Waals surface area contributed by atoms with Gasteiger partial charge in [0, 0.05) is 13.6 Å². The first kappa shape index (κ1) is 13.5. The molecule has 0 aliphatic heterocycles. The number of sulfonamides is 1. The van der Waals surface area contributed by atoms with Crippen LogP contribution >= 0.6 is 0 Å². The Labute approximate surface area is 108 Å². The summed E-state index contributed by atoms with van der Waals surface area (Å²) in [5, 5.41) is 4.13. The molecule has 1 aliphatic rings. The van der Waals surface area contributed by atoms with E-state index in [2.05, 4.69) is 9.82 Å². The molecule has 0 saturated heterocycles. The molecule has 1 fully saturated rings. The van der Waals surface area contributed by atoms with Crippen LogP contribution in [0.15, 0.2) is 4.90 Å². The third-order valence-corrected chi connectivity index (χ3v) is 5.39. The maximum Gasteiger partial charge on any atom is 0.244 e. The summed E-state index contributed by atoms with van der Waals surface area (Å²) in [6.45, 7) is 4.40. The summed E-state index contributed by atoms with van der Waals surface area (Å²) in [7, 11) is -1.75. The summed E-state index contributed by atoms with van der Waals surface area (Å²) in [5.41, 5.74) is 6.81. The summed E-state index contributed by atoms with van der Waals surface area (Å²) in [6.07, 6.45) is 1.99. The summed E-state index contributed by atoms with van der Waals surface area (Å²) in [6, 6.07) is 0. The zero-order valence-corrected chi connectivity index (χ0v) is 11.8. The first-order chi connectivity index (χ1) is 8.31. The summed E-state index contributed by atoms with van der Waals surface area (Å²) in [4.78, 5) is 0.290. The maximum absolute atomic E-state index is 12.3. The topological polar surface area (TPSA) is 90.0 Å². The van der Waals surface area contributed by atoms with Crippen molar-refractivity contribution in [2.75, 3.05) is 13.1 Å². The second-order valence-electron chi connectivity index (χ2n) is 5.15. The quantitative estimate of drug-likeness (QED) is 0.792. The van der Waals surface area contributed by atoms with Gasteiger partial charge in [0.15, 0.2) is 0 Å². The number of nitrogens with one attached hydrogen (secondary N) is 1. The van der Waals surface area contributed by atoms with Gasteiger partial charge in [-0.25, -0.2) is 13.1 Å². The molecule has 0 bridgehead atoms. The first-order valence-corrected chi connectivity index (χ1v) is 7.50. The Morgan fingerprint density at radius 2 is 2.06 bits per heavy atom. The van der Waals surface area contributed by atoms with Gasteiger partial charge in [0.2, 0.25) is 10.0 Å². The van der Waals surface area contributed by atoms with Crippen LogP contribution in [0.3, 0.4) is 0 Å². The van der Waals surface area contributed by atoms with Gasteiger partial charge < -0.3 is 5.73 Å². The fraction of sp³-hybridized carbons (Fsp3) is 0.727. The van der Waals surface area contributed by atoms with Crippen LogP contribution in [0.1, 0.15) is 24.2 Å². The van der Waals surface area contributed by atoms with E-state index >= 15 is 0 Å². The van der Waals surface area contributed by atoms with Crippen LogP contribution in [-0.2, 0) is 17.1 Å². The van der Waals surface area contributed by atoms with Crippen molar-refractivity contribution in [2.45, 2.75) is 31.6 Å². The Hall–Kier alpha value is -0.920. The highest BCUT2D eigenvalue weighted by Gasteiger charge is 2.42. The number of aromatic nitrogens is 2. The molecular formula is C11H20N4O2S. The number of nitrogens with two attached hydrogens (primary N) is 1. The SMILES string of the molecule is Cc1nn(C)c(C)c1S(=O)(=O)NCC1(CN)CC1. The van der Waals surface area contributed by atoms with Crippen LogP contribution < -0.4 is 10.5 Å². The molecule has 3 N–H and O–H groups in total. The van der Waals surface area contributed by atoms with Gasteiger partial charge in [-0.3, -0.25) is 4.68 Å². The van der Waals surface area contributed by atoms with E-state index in [0.29, 0.717) is 24.5 Å². The van der Waals surface area contributed by atoms with Crippen molar-refractivity contribution in [2.24, 2.45) is 18.2 Å². The highest BCUT2D eigenvalue weighted by atomic mass is 32.2. The highest BCUT2D eigenvalue weighted by Crippen LogP contribution is 2.44. The average Bonchev–Trinajstić information content (AvgIpc) is 3.01. The van der Waals surface area contributed by atoms with E-state index in [-0.39, 0.29) is 10.3 Å². The van der Waals surface area contributed by atoms with Crippen molar-refractivity contribution < 1.29 is 8.42 Å². The first-order valence-electron chi connectivity index (χ1n) is 6.01. The van der Waals surface area contributed by atoms with Crippen molar-refractivity contribution in [3.05, 3.63) is 11.4 Å². The molecule has 1 heterocycles. The monoisotopic (exact) mass is 272 g/mol. The minimum atomic E-state index is -3.49. The van der Waals surface area contributed by atoms with E-state index in [1.54, 1.807) is 25.6 Å². The third-order valence-electron chi connectivity index (χ3n) is 3.74. The predicted octanol–water partition coefficient (Wildman–Crippen LogP) is 0.0541. The van der Waals surface area contributed by atoms with E-state index in [4.69, 9.17) is 5.73 Å². The zero-order chi connectivity index (χ0) is 13.6. The van der Waals surface area contributed by atoms with Crippen molar-refractivity contribution in [1.29, 1.82) is 0 Å². The van der Waals surface area contributed by atoms with E-state index < -0.39 is 10.0 Å². The molecule has 1 aromatic rings. The molecular weight excluding hydrogens is 252 g/mol. The van der Waals surface area contributed by atoms with E-state index in [1.807, 2.05) is 0 Å². The molecule has 1 saturated carbocycles. The highest BCUT2D eigenvalue weighted by molar-refractivity contribution is 7.89. The fourth-order valence-corrected chi connectivity index (χ4v) is 3.68. The molecule has 0 amide bonds. The van der Waals surface area contributed by atoms with Gasteiger partial charge in [0.1, 0.15) is 4.90 Å². The summed E-state index contributed by atoms with van der Waals surface area (Å²) in [5.74, 6) is 0. The maximum atomic E-state index is 12.3. The summed E-state index contributed by atoms with van der Waals surface area (Å²) < 4.78 is 28.8. The average molecular weight is 272 g/mol. The van der Waals surface area contributed by atoms with Crippen molar-refractivity contribution >= 4 is 10.0 Å². The van der Waals surface area contributed by atoms with Gasteiger partial charge in [0.25, 0.3) is 0 Å². The van der Waals surface area contributed by atoms with Crippen LogP contribution in [-0.4, -0.2) is 31.3 Å². The Balaban J connectivity index is 2.21. The number of aryl methyl sites for hydroxylation is 2. The van der Waals surface area contributed by atoms with Crippen LogP contribution in [0.2, 0.25) is 0 Å². The lowest BCUT2D eigenvalue weighted by Crippen LogP contribution is -2.34. The Bertz CT molecular complexity index is 558. The van der Waals surface area contributed by atoms with E-state index in [1.165, 1.54) is 0 Å². The lowest BCUT2D eigenvalue weighted by Gasteiger charge is -2.13. The minimum absolute atomic E-state index is 0.0168.